The number of amides is 1. The molecule has 0 bridgehead atoms. The summed E-state index contributed by atoms with van der Waals surface area (Å²) in [7, 11) is 0. The van der Waals surface area contributed by atoms with Crippen molar-refractivity contribution in [2.24, 2.45) is 0 Å². The third-order valence-corrected chi connectivity index (χ3v) is 3.80. The summed E-state index contributed by atoms with van der Waals surface area (Å²) in [6.07, 6.45) is -4.69. The van der Waals surface area contributed by atoms with Gasteiger partial charge in [0.1, 0.15) is 0 Å². The summed E-state index contributed by atoms with van der Waals surface area (Å²) in [6, 6.07) is 7.61. The number of hydrogen-bond donors (Lipinski definition) is 2. The highest BCUT2D eigenvalue weighted by atomic mass is 32.2. The molecule has 0 aliphatic carbocycles. The summed E-state index contributed by atoms with van der Waals surface area (Å²) in [6.45, 7) is 2.29. The molecule has 1 amide bonds. The molecule has 0 saturated carbocycles. The summed E-state index contributed by atoms with van der Waals surface area (Å²) in [5.41, 5.74) is 2.04. The first-order chi connectivity index (χ1) is 10.8. The van der Waals surface area contributed by atoms with Gasteiger partial charge in [0, 0.05) is 6.54 Å². The van der Waals surface area contributed by atoms with Crippen molar-refractivity contribution in [3.8, 4) is 0 Å². The van der Waals surface area contributed by atoms with Crippen molar-refractivity contribution in [3.63, 3.8) is 0 Å². The number of nitrogen functional groups attached to an aromatic ring is 1. The van der Waals surface area contributed by atoms with Gasteiger partial charge in [0.05, 0.1) is 5.75 Å². The number of nitrogens with two attached hydrogens (primary N) is 1. The maximum Gasteiger partial charge on any atom is 0.453 e. The summed E-state index contributed by atoms with van der Waals surface area (Å²) < 4.78 is 37.8. The average molecular weight is 345 g/mol. The van der Waals surface area contributed by atoms with Gasteiger partial charge >= 0.3 is 6.18 Å². The Hall–Kier alpha value is -2.23. The molecule has 1 aromatic carbocycles. The number of nitrogens with one attached hydrogen (secondary N) is 1. The number of thioether (sulfide) groups is 1. The molecule has 3 N–H and O–H groups in total. The van der Waals surface area contributed by atoms with Crippen molar-refractivity contribution >= 4 is 17.7 Å². The van der Waals surface area contributed by atoms with Crippen LogP contribution in [0.1, 0.15) is 17.0 Å². The minimum atomic E-state index is -4.69. The van der Waals surface area contributed by atoms with Crippen LogP contribution in [0.3, 0.4) is 0 Å². The lowest BCUT2D eigenvalue weighted by Crippen LogP contribution is -2.25. The minimum absolute atomic E-state index is 0.112. The maximum absolute atomic E-state index is 12.5. The van der Waals surface area contributed by atoms with Crippen molar-refractivity contribution in [1.82, 2.24) is 20.2 Å². The van der Waals surface area contributed by atoms with Gasteiger partial charge in [0.15, 0.2) is 0 Å². The fourth-order valence-corrected chi connectivity index (χ4v) is 2.34. The number of halogens is 3. The number of aromatic nitrogens is 3. The molecular weight excluding hydrogens is 331 g/mol. The molecule has 10 heteroatoms. The predicted octanol–water partition coefficient (Wildman–Crippen LogP) is 1.73. The monoisotopic (exact) mass is 345 g/mol. The molecule has 0 fully saturated rings. The Morgan fingerprint density at radius 3 is 2.52 bits per heavy atom. The quantitative estimate of drug-likeness (QED) is 0.637. The van der Waals surface area contributed by atoms with Gasteiger partial charge < -0.3 is 11.2 Å². The molecule has 124 valence electrons. The van der Waals surface area contributed by atoms with Crippen molar-refractivity contribution in [2.75, 3.05) is 11.6 Å². The van der Waals surface area contributed by atoms with Gasteiger partial charge in [0.2, 0.25) is 11.1 Å². The second-order valence-corrected chi connectivity index (χ2v) is 5.67. The van der Waals surface area contributed by atoms with Crippen molar-refractivity contribution < 1.29 is 18.0 Å². The zero-order valence-electron chi connectivity index (χ0n) is 12.1. The van der Waals surface area contributed by atoms with E-state index < -0.39 is 12.0 Å². The lowest BCUT2D eigenvalue weighted by molar-refractivity contribution is -0.146. The van der Waals surface area contributed by atoms with Gasteiger partial charge in [-0.25, -0.2) is 4.68 Å². The van der Waals surface area contributed by atoms with Gasteiger partial charge in [-0.1, -0.05) is 41.6 Å². The molecule has 0 radical (unpaired) electrons. The number of carbonyl (C=O) groups is 1. The normalized spacial score (nSPS) is 11.5. The summed E-state index contributed by atoms with van der Waals surface area (Å²) in [4.78, 5) is 11.7. The van der Waals surface area contributed by atoms with E-state index in [4.69, 9.17) is 5.84 Å². The first kappa shape index (κ1) is 17.1. The lowest BCUT2D eigenvalue weighted by atomic mass is 10.1. The average Bonchev–Trinajstić information content (AvgIpc) is 2.85. The number of carbonyl (C=O) groups excluding carboxylic acids is 1. The second kappa shape index (κ2) is 6.90. The van der Waals surface area contributed by atoms with Crippen molar-refractivity contribution in [2.45, 2.75) is 24.8 Å². The van der Waals surface area contributed by atoms with Crippen LogP contribution in [0.25, 0.3) is 0 Å². The molecule has 2 aromatic rings. The van der Waals surface area contributed by atoms with Gasteiger partial charge in [0.25, 0.3) is 5.82 Å². The number of nitrogens with zero attached hydrogens (tertiary/aromatic N) is 3. The van der Waals surface area contributed by atoms with E-state index >= 15 is 0 Å². The van der Waals surface area contributed by atoms with Crippen LogP contribution in [-0.2, 0) is 17.5 Å². The van der Waals surface area contributed by atoms with Crippen LogP contribution in [0.2, 0.25) is 0 Å². The molecule has 0 saturated heterocycles. The third kappa shape index (κ3) is 4.62. The molecule has 0 atom stereocenters. The van der Waals surface area contributed by atoms with Crippen LogP contribution in [-0.4, -0.2) is 26.5 Å². The molecule has 0 aliphatic rings. The molecule has 0 aliphatic heterocycles. The molecular formula is C13H14F3N5OS. The maximum atomic E-state index is 12.5. The smallest absolute Gasteiger partial charge is 0.351 e. The van der Waals surface area contributed by atoms with E-state index in [-0.39, 0.29) is 16.8 Å². The van der Waals surface area contributed by atoms with Crippen LogP contribution in [0.4, 0.5) is 13.2 Å². The first-order valence-corrected chi connectivity index (χ1v) is 7.48. The van der Waals surface area contributed by atoms with E-state index in [2.05, 4.69) is 15.5 Å². The fourth-order valence-electron chi connectivity index (χ4n) is 1.66. The van der Waals surface area contributed by atoms with E-state index in [0.717, 1.165) is 22.9 Å². The van der Waals surface area contributed by atoms with Gasteiger partial charge in [-0.15, -0.1) is 10.2 Å². The van der Waals surface area contributed by atoms with E-state index in [1.54, 1.807) is 0 Å². The molecule has 2 rings (SSSR count). The Labute approximate surface area is 134 Å². The third-order valence-electron chi connectivity index (χ3n) is 2.86. The van der Waals surface area contributed by atoms with E-state index in [9.17, 15) is 18.0 Å². The molecule has 1 aromatic heterocycles. The Morgan fingerprint density at radius 1 is 1.30 bits per heavy atom. The molecule has 0 unspecified atom stereocenters. The zero-order valence-corrected chi connectivity index (χ0v) is 12.9. The van der Waals surface area contributed by atoms with E-state index in [1.807, 2.05) is 31.2 Å². The van der Waals surface area contributed by atoms with Crippen LogP contribution in [0.15, 0.2) is 29.4 Å². The van der Waals surface area contributed by atoms with Gasteiger partial charge in [-0.2, -0.15) is 13.2 Å². The van der Waals surface area contributed by atoms with Crippen LogP contribution >= 0.6 is 11.8 Å². The van der Waals surface area contributed by atoms with Crippen LogP contribution in [0, 0.1) is 6.92 Å². The number of alkyl halides is 3. The number of rotatable bonds is 5. The molecule has 6 nitrogen and oxygen atoms in total. The highest BCUT2D eigenvalue weighted by Crippen LogP contribution is 2.28. The largest absolute Gasteiger partial charge is 0.453 e. The van der Waals surface area contributed by atoms with Crippen molar-refractivity contribution in [3.05, 3.63) is 41.2 Å². The SMILES string of the molecule is Cc1ccc(CNC(=O)CSc2nnc(C(F)(F)F)n2N)cc1. The summed E-state index contributed by atoms with van der Waals surface area (Å²) >= 11 is 0.782. The second-order valence-electron chi connectivity index (χ2n) is 4.72. The first-order valence-electron chi connectivity index (χ1n) is 6.50. The minimum Gasteiger partial charge on any atom is -0.351 e. The van der Waals surface area contributed by atoms with Crippen LogP contribution in [0.5, 0.6) is 0 Å². The molecule has 1 heterocycles. The Balaban J connectivity index is 1.85. The number of hydrogen-bond acceptors (Lipinski definition) is 5. The Bertz CT molecular complexity index is 684. The van der Waals surface area contributed by atoms with Gasteiger partial charge in [-0.3, -0.25) is 4.79 Å². The van der Waals surface area contributed by atoms with E-state index in [1.165, 1.54) is 0 Å². The fraction of sp³-hybridized carbons (Fsp3) is 0.308. The Kier molecular flexibility index (Phi) is 5.14. The summed E-state index contributed by atoms with van der Waals surface area (Å²) in [5, 5.41) is 8.80. The topological polar surface area (TPSA) is 85.8 Å². The summed E-state index contributed by atoms with van der Waals surface area (Å²) in [5.74, 6) is 3.52. The van der Waals surface area contributed by atoms with Crippen molar-refractivity contribution in [1.29, 1.82) is 0 Å². The molecule has 0 spiro atoms. The van der Waals surface area contributed by atoms with Crippen LogP contribution < -0.4 is 11.2 Å². The number of aryl methyl sites for hydroxylation is 1. The standard InChI is InChI=1S/C13H14F3N5OS/c1-8-2-4-9(5-3-8)6-18-10(22)7-23-12-20-19-11(21(12)17)13(14,15)16/h2-5H,6-7,17H2,1H3,(H,18,22). The Morgan fingerprint density at radius 2 is 1.96 bits per heavy atom. The highest BCUT2D eigenvalue weighted by molar-refractivity contribution is 7.99. The lowest BCUT2D eigenvalue weighted by Gasteiger charge is -2.07. The highest BCUT2D eigenvalue weighted by Gasteiger charge is 2.38. The van der Waals surface area contributed by atoms with Gasteiger partial charge in [-0.05, 0) is 12.5 Å². The number of benzene rings is 1. The predicted molar refractivity (Wildman–Crippen MR) is 78.9 cm³/mol. The zero-order chi connectivity index (χ0) is 17.0. The van der Waals surface area contributed by atoms with E-state index in [0.29, 0.717) is 11.2 Å². The molecule has 23 heavy (non-hydrogen) atoms.